The van der Waals surface area contributed by atoms with E-state index < -0.39 is 82.1 Å². The molecule has 37 heavy (non-hydrogen) atoms. The maximum Gasteiger partial charge on any atom is 0.312 e. The molecule has 0 radical (unpaired) electrons. The van der Waals surface area contributed by atoms with E-state index in [0.717, 1.165) is 13.8 Å². The first kappa shape index (κ1) is 28.9. The Kier molecular flexibility index (Phi) is 7.71. The fourth-order valence-corrected chi connectivity index (χ4v) is 6.08. The smallest absolute Gasteiger partial charge is 0.312 e. The molecule has 0 saturated carbocycles. The summed E-state index contributed by atoms with van der Waals surface area (Å²) >= 11 is 6.64. The molecule has 11 heteroatoms. The van der Waals surface area contributed by atoms with Gasteiger partial charge in [-0.05, 0) is 31.6 Å². The van der Waals surface area contributed by atoms with Crippen LogP contribution in [0.1, 0.15) is 41.5 Å². The number of carbonyl (C=O) groups is 4. The van der Waals surface area contributed by atoms with E-state index in [1.165, 1.54) is 39.0 Å². The first-order valence-electron chi connectivity index (χ1n) is 11.8. The lowest BCUT2D eigenvalue weighted by Gasteiger charge is -2.56. The van der Waals surface area contributed by atoms with E-state index in [-0.39, 0.29) is 5.57 Å². The number of esters is 4. The third-order valence-electron chi connectivity index (χ3n) is 7.61. The van der Waals surface area contributed by atoms with E-state index in [4.69, 9.17) is 30.5 Å². The molecule has 2 aliphatic carbocycles. The van der Waals surface area contributed by atoms with Gasteiger partial charge in [0, 0.05) is 32.1 Å². The highest BCUT2D eigenvalue weighted by molar-refractivity contribution is 6.23. The lowest BCUT2D eigenvalue weighted by Crippen LogP contribution is -2.70. The number of hydrogen-bond donors (Lipinski definition) is 2. The summed E-state index contributed by atoms with van der Waals surface area (Å²) in [4.78, 5) is 49.3. The molecule has 3 aliphatic rings. The van der Waals surface area contributed by atoms with Crippen LogP contribution in [0.25, 0.3) is 0 Å². The highest BCUT2D eigenvalue weighted by Crippen LogP contribution is 2.55. The van der Waals surface area contributed by atoms with Gasteiger partial charge in [-0.3, -0.25) is 19.2 Å². The summed E-state index contributed by atoms with van der Waals surface area (Å²) in [5, 5.41) is 23.1. The van der Waals surface area contributed by atoms with Gasteiger partial charge in [-0.25, -0.2) is 0 Å². The molecule has 2 N–H and O–H groups in total. The van der Waals surface area contributed by atoms with Crippen LogP contribution >= 0.6 is 11.6 Å². The minimum absolute atomic E-state index is 0.233. The number of hydrogen-bond acceptors (Lipinski definition) is 10. The minimum Gasteiger partial charge on any atom is -0.459 e. The monoisotopic (exact) mass is 540 g/mol. The average Bonchev–Trinajstić information content (AvgIpc) is 3.00. The van der Waals surface area contributed by atoms with Crippen LogP contribution in [-0.2, 0) is 38.1 Å². The number of ether oxygens (including phenoxy) is 4. The van der Waals surface area contributed by atoms with Gasteiger partial charge in [0.25, 0.3) is 0 Å². The van der Waals surface area contributed by atoms with Gasteiger partial charge in [0.15, 0.2) is 11.7 Å². The Morgan fingerprint density at radius 1 is 1.00 bits per heavy atom. The predicted molar refractivity (Wildman–Crippen MR) is 130 cm³/mol. The van der Waals surface area contributed by atoms with Crippen LogP contribution < -0.4 is 0 Å². The molecule has 10 nitrogen and oxygen atoms in total. The van der Waals surface area contributed by atoms with Gasteiger partial charge in [0.1, 0.15) is 23.9 Å². The lowest BCUT2D eigenvalue weighted by molar-refractivity contribution is -0.242. The molecule has 1 saturated heterocycles. The normalized spacial score (nSPS) is 44.1. The van der Waals surface area contributed by atoms with Gasteiger partial charge in [-0.1, -0.05) is 25.7 Å². The van der Waals surface area contributed by atoms with Crippen LogP contribution in [0.15, 0.2) is 36.5 Å². The molecule has 0 aromatic carbocycles. The molecule has 10 atom stereocenters. The minimum atomic E-state index is -2.27. The molecule has 1 aliphatic heterocycles. The molecule has 1 heterocycles. The first-order chi connectivity index (χ1) is 17.0. The summed E-state index contributed by atoms with van der Waals surface area (Å²) in [6.45, 7) is 11.8. The van der Waals surface area contributed by atoms with Gasteiger partial charge < -0.3 is 29.2 Å². The summed E-state index contributed by atoms with van der Waals surface area (Å²) in [6, 6.07) is 0. The van der Waals surface area contributed by atoms with Gasteiger partial charge in [-0.15, -0.1) is 11.6 Å². The van der Waals surface area contributed by atoms with Crippen LogP contribution in [0.3, 0.4) is 0 Å². The number of carbonyl (C=O) groups excluding carboxylic acids is 4. The molecule has 3 rings (SSSR count). The second-order valence-electron chi connectivity index (χ2n) is 10.3. The van der Waals surface area contributed by atoms with Crippen molar-refractivity contribution in [2.45, 2.75) is 82.5 Å². The van der Waals surface area contributed by atoms with E-state index in [2.05, 4.69) is 6.58 Å². The van der Waals surface area contributed by atoms with E-state index in [1.807, 2.05) is 0 Å². The molecule has 0 aromatic rings. The number of aliphatic hydroxyl groups is 2. The summed E-state index contributed by atoms with van der Waals surface area (Å²) < 4.78 is 22.2. The molecule has 0 aromatic heterocycles. The van der Waals surface area contributed by atoms with Crippen molar-refractivity contribution < 1.29 is 48.3 Å². The molecule has 204 valence electrons. The van der Waals surface area contributed by atoms with Gasteiger partial charge in [0.2, 0.25) is 0 Å². The van der Waals surface area contributed by atoms with Gasteiger partial charge in [-0.2, -0.15) is 0 Å². The molecular weight excluding hydrogens is 508 g/mol. The average molecular weight is 541 g/mol. The zero-order valence-corrected chi connectivity index (χ0v) is 22.4. The summed E-state index contributed by atoms with van der Waals surface area (Å²) in [5.41, 5.74) is -5.44. The van der Waals surface area contributed by atoms with Crippen LogP contribution in [0.5, 0.6) is 0 Å². The third-order valence-corrected chi connectivity index (χ3v) is 8.12. The Hall–Kier alpha value is -2.69. The second kappa shape index (κ2) is 9.89. The Balaban J connectivity index is 2.42. The van der Waals surface area contributed by atoms with E-state index in [9.17, 15) is 29.4 Å². The molecule has 1 unspecified atom stereocenters. The Morgan fingerprint density at radius 3 is 2.08 bits per heavy atom. The first-order valence-corrected chi connectivity index (χ1v) is 12.3. The molecular formula is C26H33ClO10. The van der Waals surface area contributed by atoms with Crippen molar-refractivity contribution in [1.29, 1.82) is 0 Å². The predicted octanol–water partition coefficient (Wildman–Crippen LogP) is 1.75. The Labute approximate surface area is 220 Å². The van der Waals surface area contributed by atoms with Crippen LogP contribution in [0.2, 0.25) is 0 Å². The van der Waals surface area contributed by atoms with E-state index in [0.29, 0.717) is 0 Å². The zero-order chi connectivity index (χ0) is 28.1. The van der Waals surface area contributed by atoms with Crippen molar-refractivity contribution in [2.24, 2.45) is 17.3 Å². The van der Waals surface area contributed by atoms with Crippen molar-refractivity contribution in [3.63, 3.8) is 0 Å². The molecule has 1 fully saturated rings. The second-order valence-corrected chi connectivity index (χ2v) is 10.8. The van der Waals surface area contributed by atoms with Crippen molar-refractivity contribution in [3.8, 4) is 0 Å². The number of fused-ring (bicyclic) bond motifs is 2. The van der Waals surface area contributed by atoms with Crippen LogP contribution in [0, 0.1) is 17.3 Å². The number of rotatable bonds is 3. The third kappa shape index (κ3) is 4.82. The highest BCUT2D eigenvalue weighted by Gasteiger charge is 2.70. The topological polar surface area (TPSA) is 146 Å². The fourth-order valence-electron chi connectivity index (χ4n) is 5.76. The van der Waals surface area contributed by atoms with E-state index in [1.54, 1.807) is 13.0 Å². The maximum absolute atomic E-state index is 12.8. The van der Waals surface area contributed by atoms with Gasteiger partial charge in [0.05, 0.1) is 11.3 Å². The molecule has 0 amide bonds. The van der Waals surface area contributed by atoms with Crippen LogP contribution in [-0.4, -0.2) is 75.1 Å². The Morgan fingerprint density at radius 2 is 1.54 bits per heavy atom. The van der Waals surface area contributed by atoms with E-state index >= 15 is 0 Å². The number of allylic oxidation sites excluding steroid dienone is 1. The standard InChI is InChI=1S/C26H33ClO10/c1-12-8-9-17(34-14(3)28)24(6)11-10-18(35-15(4)29)25(7,32)20(24)22(36-16(5)30)26(33)13(2)23(31)37-21(26)19(12)27/h8-11,13,17-22,32-33H,1H2,2-7H3/b9-8-/t13-,17+,18?,19-,20+,21-,22+,24+,25+,26-/m0/s1. The number of halogens is 1. The summed E-state index contributed by atoms with van der Waals surface area (Å²) in [7, 11) is 0. The van der Waals surface area contributed by atoms with Gasteiger partial charge >= 0.3 is 23.9 Å². The number of alkyl halides is 1. The SMILES string of the molecule is C=C1/C=C\[C@@H](OC(C)=O)[C@@]2(C)C=CC(OC(C)=O)[C@@](C)(O)[C@@H]2[C@@H](OC(C)=O)[C@]2(O)[C@@H](C)C(=O)O[C@H]2[C@H]1Cl. The quantitative estimate of drug-likeness (QED) is 0.235. The summed E-state index contributed by atoms with van der Waals surface area (Å²) in [6.07, 6.45) is 0.581. The molecule has 0 bridgehead atoms. The zero-order valence-electron chi connectivity index (χ0n) is 21.6. The maximum atomic E-state index is 12.8. The Bertz CT molecular complexity index is 1060. The largest absolute Gasteiger partial charge is 0.459 e. The fraction of sp³-hybridized carbons (Fsp3) is 0.615. The summed E-state index contributed by atoms with van der Waals surface area (Å²) in [5.74, 6) is -5.56. The van der Waals surface area contributed by atoms with Crippen LogP contribution in [0.4, 0.5) is 0 Å². The molecule has 0 spiro atoms. The van der Waals surface area contributed by atoms with Crippen molar-refractivity contribution in [2.75, 3.05) is 0 Å². The van der Waals surface area contributed by atoms with Crippen molar-refractivity contribution in [3.05, 3.63) is 36.5 Å². The van der Waals surface area contributed by atoms with Crippen molar-refractivity contribution in [1.82, 2.24) is 0 Å². The highest BCUT2D eigenvalue weighted by atomic mass is 35.5. The lowest BCUT2D eigenvalue weighted by atomic mass is 9.55. The van der Waals surface area contributed by atoms with Crippen molar-refractivity contribution >= 4 is 35.5 Å².